The van der Waals surface area contributed by atoms with E-state index < -0.39 is 5.54 Å². The highest BCUT2D eigenvalue weighted by Gasteiger charge is 2.26. The summed E-state index contributed by atoms with van der Waals surface area (Å²) >= 11 is 0. The number of rotatable bonds is 4. The summed E-state index contributed by atoms with van der Waals surface area (Å²) in [4.78, 5) is 6.25. The fraction of sp³-hybridized carbons (Fsp3) is 0.500. The van der Waals surface area contributed by atoms with E-state index in [1.807, 2.05) is 38.8 Å². The predicted molar refractivity (Wildman–Crippen MR) is 69.6 cm³/mol. The zero-order valence-electron chi connectivity index (χ0n) is 10.8. The molecule has 0 atom stereocenters. The average molecular weight is 236 g/mol. The van der Waals surface area contributed by atoms with E-state index in [2.05, 4.69) is 4.98 Å². The molecular formula is C12H20N4O. The highest BCUT2D eigenvalue weighted by molar-refractivity contribution is 5.99. The van der Waals surface area contributed by atoms with Gasteiger partial charge in [-0.25, -0.2) is 4.98 Å². The number of nitrogens with zero attached hydrogens (tertiary/aromatic N) is 2. The van der Waals surface area contributed by atoms with Crippen molar-refractivity contribution in [3.05, 3.63) is 23.4 Å². The molecule has 1 aromatic heterocycles. The normalized spacial score (nSPS) is 11.4. The van der Waals surface area contributed by atoms with Gasteiger partial charge in [-0.1, -0.05) is 0 Å². The fourth-order valence-electron chi connectivity index (χ4n) is 1.40. The van der Waals surface area contributed by atoms with E-state index in [0.29, 0.717) is 11.4 Å². The van der Waals surface area contributed by atoms with Crippen LogP contribution in [0, 0.1) is 12.3 Å². The maximum Gasteiger partial charge on any atom is 0.140 e. The van der Waals surface area contributed by atoms with Gasteiger partial charge >= 0.3 is 0 Å². The van der Waals surface area contributed by atoms with Gasteiger partial charge in [0.05, 0.1) is 17.7 Å². The van der Waals surface area contributed by atoms with Crippen molar-refractivity contribution in [3.63, 3.8) is 0 Å². The van der Waals surface area contributed by atoms with Crippen LogP contribution in [-0.4, -0.2) is 35.1 Å². The highest BCUT2D eigenvalue weighted by atomic mass is 16.3. The molecule has 0 fully saturated rings. The smallest absolute Gasteiger partial charge is 0.140 e. The van der Waals surface area contributed by atoms with Crippen molar-refractivity contribution in [2.75, 3.05) is 18.6 Å². The number of aliphatic hydroxyl groups excluding tert-OH is 1. The van der Waals surface area contributed by atoms with Gasteiger partial charge in [-0.05, 0) is 32.9 Å². The quantitative estimate of drug-likeness (QED) is 0.535. The van der Waals surface area contributed by atoms with E-state index in [0.717, 1.165) is 5.69 Å². The van der Waals surface area contributed by atoms with Crippen LogP contribution in [0.5, 0.6) is 0 Å². The number of likely N-dealkylation sites (N-methyl/N-ethyl adjacent to an activating group) is 1. The van der Waals surface area contributed by atoms with Gasteiger partial charge < -0.3 is 15.7 Å². The van der Waals surface area contributed by atoms with Gasteiger partial charge in [0.15, 0.2) is 0 Å². The number of aromatic nitrogens is 1. The van der Waals surface area contributed by atoms with Crippen LogP contribution in [0.3, 0.4) is 0 Å². The molecular weight excluding hydrogens is 216 g/mol. The summed E-state index contributed by atoms with van der Waals surface area (Å²) < 4.78 is 0. The van der Waals surface area contributed by atoms with Crippen molar-refractivity contribution in [1.29, 1.82) is 5.41 Å². The number of pyridine rings is 1. The van der Waals surface area contributed by atoms with Crippen LogP contribution in [0.2, 0.25) is 0 Å². The SMILES string of the molecule is Cc1ccc(C(=N)N)c(N(C)C(C)(C)CO)n1. The maximum absolute atomic E-state index is 9.37. The van der Waals surface area contributed by atoms with E-state index in [4.69, 9.17) is 11.1 Å². The molecule has 0 aromatic carbocycles. The number of aryl methyl sites for hydroxylation is 1. The lowest BCUT2D eigenvalue weighted by Gasteiger charge is -2.36. The molecule has 1 heterocycles. The number of nitrogens with one attached hydrogen (secondary N) is 1. The Balaban J connectivity index is 3.29. The van der Waals surface area contributed by atoms with Crippen LogP contribution in [0.4, 0.5) is 5.82 Å². The summed E-state index contributed by atoms with van der Waals surface area (Å²) in [6.45, 7) is 5.69. The first kappa shape index (κ1) is 13.4. The second-order valence-corrected chi connectivity index (χ2v) is 4.77. The van der Waals surface area contributed by atoms with Gasteiger partial charge in [0.25, 0.3) is 0 Å². The van der Waals surface area contributed by atoms with Crippen molar-refractivity contribution in [1.82, 2.24) is 4.98 Å². The number of anilines is 1. The van der Waals surface area contributed by atoms with Crippen LogP contribution < -0.4 is 10.6 Å². The van der Waals surface area contributed by atoms with Crippen molar-refractivity contribution in [2.24, 2.45) is 5.73 Å². The fourth-order valence-corrected chi connectivity index (χ4v) is 1.40. The Morgan fingerprint density at radius 3 is 2.59 bits per heavy atom. The van der Waals surface area contributed by atoms with Crippen LogP contribution in [0.25, 0.3) is 0 Å². The molecule has 17 heavy (non-hydrogen) atoms. The zero-order chi connectivity index (χ0) is 13.2. The van der Waals surface area contributed by atoms with Crippen molar-refractivity contribution >= 4 is 11.7 Å². The molecule has 94 valence electrons. The summed E-state index contributed by atoms with van der Waals surface area (Å²) in [7, 11) is 1.84. The summed E-state index contributed by atoms with van der Waals surface area (Å²) in [5.41, 5.74) is 6.52. The van der Waals surface area contributed by atoms with E-state index in [1.54, 1.807) is 6.07 Å². The molecule has 0 bridgehead atoms. The molecule has 0 radical (unpaired) electrons. The van der Waals surface area contributed by atoms with Crippen LogP contribution in [-0.2, 0) is 0 Å². The standard InChI is InChI=1S/C12H20N4O/c1-8-5-6-9(10(13)14)11(15-8)16(4)12(2,3)7-17/h5-6,17H,7H2,1-4H3,(H3,13,14). The Labute approximate surface area is 102 Å². The van der Waals surface area contributed by atoms with Crippen molar-refractivity contribution in [2.45, 2.75) is 26.3 Å². The number of nitrogens with two attached hydrogens (primary N) is 1. The molecule has 0 aliphatic rings. The molecule has 0 spiro atoms. The third kappa shape index (κ3) is 2.74. The Hall–Kier alpha value is -1.62. The molecule has 4 N–H and O–H groups in total. The summed E-state index contributed by atoms with van der Waals surface area (Å²) in [6.07, 6.45) is 0. The van der Waals surface area contributed by atoms with Crippen LogP contribution >= 0.6 is 0 Å². The summed E-state index contributed by atoms with van der Waals surface area (Å²) in [6, 6.07) is 3.60. The topological polar surface area (TPSA) is 86.2 Å². The first-order valence-corrected chi connectivity index (χ1v) is 5.46. The molecule has 1 aromatic rings. The minimum atomic E-state index is -0.453. The van der Waals surface area contributed by atoms with E-state index in [-0.39, 0.29) is 12.4 Å². The van der Waals surface area contributed by atoms with E-state index >= 15 is 0 Å². The van der Waals surface area contributed by atoms with Gasteiger partial charge in [-0.3, -0.25) is 5.41 Å². The van der Waals surface area contributed by atoms with Gasteiger partial charge in [0, 0.05) is 12.7 Å². The third-order valence-corrected chi connectivity index (χ3v) is 2.92. The van der Waals surface area contributed by atoms with E-state index in [1.165, 1.54) is 0 Å². The Morgan fingerprint density at radius 2 is 2.12 bits per heavy atom. The minimum absolute atomic E-state index is 0.00351. The van der Waals surface area contributed by atoms with E-state index in [9.17, 15) is 5.11 Å². The number of amidine groups is 1. The van der Waals surface area contributed by atoms with Crippen LogP contribution in [0.15, 0.2) is 12.1 Å². The predicted octanol–water partition coefficient (Wildman–Crippen LogP) is 0.881. The van der Waals surface area contributed by atoms with Crippen molar-refractivity contribution in [3.8, 4) is 0 Å². The van der Waals surface area contributed by atoms with Crippen LogP contribution in [0.1, 0.15) is 25.1 Å². The number of hydrogen-bond acceptors (Lipinski definition) is 4. The highest BCUT2D eigenvalue weighted by Crippen LogP contribution is 2.24. The average Bonchev–Trinajstić information content (AvgIpc) is 2.27. The Morgan fingerprint density at radius 1 is 1.53 bits per heavy atom. The lowest BCUT2D eigenvalue weighted by Crippen LogP contribution is -2.45. The largest absolute Gasteiger partial charge is 0.394 e. The molecule has 0 saturated heterocycles. The molecule has 0 aliphatic carbocycles. The Bertz CT molecular complexity index is 429. The van der Waals surface area contributed by atoms with Gasteiger partial charge in [-0.15, -0.1) is 0 Å². The lowest BCUT2D eigenvalue weighted by atomic mass is 10.0. The van der Waals surface area contributed by atoms with Crippen molar-refractivity contribution < 1.29 is 5.11 Å². The second-order valence-electron chi connectivity index (χ2n) is 4.77. The number of hydrogen-bond donors (Lipinski definition) is 3. The third-order valence-electron chi connectivity index (χ3n) is 2.92. The molecule has 0 saturated carbocycles. The molecule has 5 nitrogen and oxygen atoms in total. The van der Waals surface area contributed by atoms with Gasteiger partial charge in [-0.2, -0.15) is 0 Å². The second kappa shape index (κ2) is 4.71. The first-order valence-electron chi connectivity index (χ1n) is 5.46. The monoisotopic (exact) mass is 236 g/mol. The van der Waals surface area contributed by atoms with Gasteiger partial charge in [0.2, 0.25) is 0 Å². The minimum Gasteiger partial charge on any atom is -0.394 e. The molecule has 1 rings (SSSR count). The zero-order valence-corrected chi connectivity index (χ0v) is 10.8. The maximum atomic E-state index is 9.37. The summed E-state index contributed by atoms with van der Waals surface area (Å²) in [5.74, 6) is 0.602. The summed E-state index contributed by atoms with van der Waals surface area (Å²) in [5, 5.41) is 16.9. The molecule has 0 amide bonds. The molecule has 0 unspecified atom stereocenters. The lowest BCUT2D eigenvalue weighted by molar-refractivity contribution is 0.215. The molecule has 0 aliphatic heterocycles. The Kier molecular flexibility index (Phi) is 3.72. The number of nitrogen functional groups attached to an aromatic ring is 1. The molecule has 5 heteroatoms. The van der Waals surface area contributed by atoms with Gasteiger partial charge in [0.1, 0.15) is 11.7 Å². The first-order chi connectivity index (χ1) is 7.79. The number of aliphatic hydroxyl groups is 1.